The van der Waals surface area contributed by atoms with E-state index in [-0.39, 0.29) is 5.41 Å². The van der Waals surface area contributed by atoms with E-state index in [1.54, 1.807) is 6.92 Å². The molecule has 3 fully saturated rings. The van der Waals surface area contributed by atoms with E-state index in [0.717, 1.165) is 12.8 Å². The number of rotatable bonds is 0. The van der Waals surface area contributed by atoms with E-state index in [9.17, 15) is 10.2 Å². The Hall–Kier alpha value is -0.0800. The highest BCUT2D eigenvalue weighted by molar-refractivity contribution is 5.12. The zero-order valence-electron chi connectivity index (χ0n) is 8.04. The van der Waals surface area contributed by atoms with Crippen LogP contribution in [0, 0.1) is 17.3 Å². The van der Waals surface area contributed by atoms with Gasteiger partial charge in [0, 0.05) is 0 Å². The number of fused-ring (bicyclic) bond motifs is 2. The van der Waals surface area contributed by atoms with Gasteiger partial charge in [-0.25, -0.2) is 0 Å². The molecule has 0 aliphatic heterocycles. The number of hydrogen-bond acceptors (Lipinski definition) is 2. The molecule has 70 valence electrons. The molecule has 0 aromatic heterocycles. The predicted octanol–water partition coefficient (Wildman–Crippen LogP) is 1.16. The Morgan fingerprint density at radius 3 is 2.08 bits per heavy atom. The second-order valence-corrected chi connectivity index (χ2v) is 5.28. The van der Waals surface area contributed by atoms with Crippen LogP contribution in [-0.4, -0.2) is 21.9 Å². The van der Waals surface area contributed by atoms with Crippen LogP contribution in [0.4, 0.5) is 0 Å². The first-order chi connectivity index (χ1) is 5.37. The van der Waals surface area contributed by atoms with Crippen LogP contribution >= 0.6 is 0 Å². The standard InChI is InChI=1S/C10H18O2/c1-9(2)6-4-7(9)10(3,12)8(11)5-6/h6-8,11-12H,4-5H2,1-3H3/t6-,7+,8+,10-/m1/s1. The Labute approximate surface area is 73.6 Å². The largest absolute Gasteiger partial charge is 0.390 e. The molecule has 3 aliphatic rings. The smallest absolute Gasteiger partial charge is 0.0910 e. The molecular formula is C10H18O2. The lowest BCUT2D eigenvalue weighted by Crippen LogP contribution is -2.66. The second kappa shape index (κ2) is 2.05. The molecule has 12 heavy (non-hydrogen) atoms. The van der Waals surface area contributed by atoms with Crippen molar-refractivity contribution in [3.05, 3.63) is 0 Å². The van der Waals surface area contributed by atoms with Crippen molar-refractivity contribution in [2.45, 2.75) is 45.3 Å². The van der Waals surface area contributed by atoms with Gasteiger partial charge < -0.3 is 10.2 Å². The fourth-order valence-electron chi connectivity index (χ4n) is 3.15. The number of aliphatic hydroxyl groups excluding tert-OH is 1. The summed E-state index contributed by atoms with van der Waals surface area (Å²) >= 11 is 0. The van der Waals surface area contributed by atoms with Crippen molar-refractivity contribution in [3.8, 4) is 0 Å². The SMILES string of the molecule is CC1(C)[C@H]2C[C@H](O)[C@](C)(O)[C@H]1C2. The number of hydrogen-bond donors (Lipinski definition) is 2. The summed E-state index contributed by atoms with van der Waals surface area (Å²) in [6.07, 6.45) is 1.36. The zero-order chi connectivity index (χ0) is 9.15. The average Bonchev–Trinajstić information content (AvgIpc) is 1.93. The van der Waals surface area contributed by atoms with Crippen molar-refractivity contribution in [1.29, 1.82) is 0 Å². The third kappa shape index (κ3) is 0.775. The summed E-state index contributed by atoms with van der Waals surface area (Å²) in [6.45, 7) is 6.18. The lowest BCUT2D eigenvalue weighted by Gasteiger charge is -2.64. The molecule has 0 aromatic rings. The molecule has 0 unspecified atom stereocenters. The van der Waals surface area contributed by atoms with E-state index in [4.69, 9.17) is 0 Å². The average molecular weight is 170 g/mol. The van der Waals surface area contributed by atoms with Gasteiger partial charge in [-0.05, 0) is 37.0 Å². The molecule has 2 heteroatoms. The fraction of sp³-hybridized carbons (Fsp3) is 1.00. The molecule has 3 aliphatic carbocycles. The van der Waals surface area contributed by atoms with Crippen LogP contribution in [0.25, 0.3) is 0 Å². The summed E-state index contributed by atoms with van der Waals surface area (Å²) in [5.41, 5.74) is -0.610. The maximum Gasteiger partial charge on any atom is 0.0910 e. The Bertz CT molecular complexity index is 208. The van der Waals surface area contributed by atoms with Crippen LogP contribution in [0.1, 0.15) is 33.6 Å². The summed E-state index contributed by atoms with van der Waals surface area (Å²) < 4.78 is 0. The topological polar surface area (TPSA) is 40.5 Å². The molecule has 2 nitrogen and oxygen atoms in total. The second-order valence-electron chi connectivity index (χ2n) is 5.28. The van der Waals surface area contributed by atoms with Gasteiger partial charge in [0.05, 0.1) is 11.7 Å². The molecule has 0 radical (unpaired) electrons. The van der Waals surface area contributed by atoms with Gasteiger partial charge in [0.15, 0.2) is 0 Å². The van der Waals surface area contributed by atoms with E-state index >= 15 is 0 Å². The maximum absolute atomic E-state index is 10.0. The fourth-order valence-corrected chi connectivity index (χ4v) is 3.15. The number of aliphatic hydroxyl groups is 2. The van der Waals surface area contributed by atoms with Crippen molar-refractivity contribution in [2.24, 2.45) is 17.3 Å². The molecule has 3 rings (SSSR count). The van der Waals surface area contributed by atoms with Crippen molar-refractivity contribution in [2.75, 3.05) is 0 Å². The van der Waals surface area contributed by atoms with Crippen LogP contribution in [0.2, 0.25) is 0 Å². The minimum Gasteiger partial charge on any atom is -0.390 e. The molecule has 0 spiro atoms. The molecule has 2 N–H and O–H groups in total. The third-order valence-electron chi connectivity index (χ3n) is 4.36. The van der Waals surface area contributed by atoms with E-state index in [1.807, 2.05) is 0 Å². The minimum absolute atomic E-state index is 0.239. The highest BCUT2D eigenvalue weighted by Gasteiger charge is 2.62. The van der Waals surface area contributed by atoms with Crippen molar-refractivity contribution >= 4 is 0 Å². The zero-order valence-corrected chi connectivity index (χ0v) is 8.04. The van der Waals surface area contributed by atoms with E-state index in [0.29, 0.717) is 11.8 Å². The first-order valence-corrected chi connectivity index (χ1v) is 4.77. The van der Waals surface area contributed by atoms with Gasteiger partial charge in [0.2, 0.25) is 0 Å². The molecule has 2 bridgehead atoms. The highest BCUT2D eigenvalue weighted by atomic mass is 16.3. The van der Waals surface area contributed by atoms with Crippen LogP contribution in [-0.2, 0) is 0 Å². The highest BCUT2D eigenvalue weighted by Crippen LogP contribution is 2.62. The Morgan fingerprint density at radius 1 is 1.17 bits per heavy atom. The summed E-state index contributed by atoms with van der Waals surface area (Å²) in [4.78, 5) is 0. The van der Waals surface area contributed by atoms with E-state index < -0.39 is 11.7 Å². The monoisotopic (exact) mass is 170 g/mol. The van der Waals surface area contributed by atoms with Gasteiger partial charge in [-0.3, -0.25) is 0 Å². The first-order valence-electron chi connectivity index (χ1n) is 4.77. The minimum atomic E-state index is -0.849. The van der Waals surface area contributed by atoms with Gasteiger partial charge in [-0.2, -0.15) is 0 Å². The normalized spacial score (nSPS) is 56.2. The quantitative estimate of drug-likeness (QED) is 0.573. The molecule has 0 amide bonds. The van der Waals surface area contributed by atoms with Crippen LogP contribution < -0.4 is 0 Å². The molecule has 0 aromatic carbocycles. The first kappa shape index (κ1) is 8.52. The predicted molar refractivity (Wildman–Crippen MR) is 46.6 cm³/mol. The van der Waals surface area contributed by atoms with Gasteiger partial charge in [0.1, 0.15) is 0 Å². The van der Waals surface area contributed by atoms with E-state index in [2.05, 4.69) is 13.8 Å². The van der Waals surface area contributed by atoms with Crippen molar-refractivity contribution < 1.29 is 10.2 Å². The summed E-state index contributed by atoms with van der Waals surface area (Å²) in [5, 5.41) is 19.7. The van der Waals surface area contributed by atoms with Gasteiger partial charge in [0.25, 0.3) is 0 Å². The van der Waals surface area contributed by atoms with Crippen LogP contribution in [0.5, 0.6) is 0 Å². The van der Waals surface area contributed by atoms with Crippen molar-refractivity contribution in [1.82, 2.24) is 0 Å². The van der Waals surface area contributed by atoms with Crippen LogP contribution in [0.15, 0.2) is 0 Å². The molecule has 3 saturated carbocycles. The Balaban J connectivity index is 2.27. The Morgan fingerprint density at radius 2 is 1.75 bits per heavy atom. The molecular weight excluding hydrogens is 152 g/mol. The lowest BCUT2D eigenvalue weighted by atomic mass is 9.43. The van der Waals surface area contributed by atoms with Crippen molar-refractivity contribution in [3.63, 3.8) is 0 Å². The lowest BCUT2D eigenvalue weighted by molar-refractivity contribution is -0.245. The summed E-state index contributed by atoms with van der Waals surface area (Å²) in [5.74, 6) is 0.913. The van der Waals surface area contributed by atoms with Gasteiger partial charge in [-0.1, -0.05) is 13.8 Å². The molecule has 0 saturated heterocycles. The molecule has 0 heterocycles. The van der Waals surface area contributed by atoms with Gasteiger partial charge >= 0.3 is 0 Å². The maximum atomic E-state index is 10.0. The Kier molecular flexibility index (Phi) is 1.45. The van der Waals surface area contributed by atoms with E-state index in [1.165, 1.54) is 0 Å². The molecule has 4 atom stereocenters. The third-order valence-corrected chi connectivity index (χ3v) is 4.36. The van der Waals surface area contributed by atoms with Crippen LogP contribution in [0.3, 0.4) is 0 Å². The summed E-state index contributed by atoms with van der Waals surface area (Å²) in [7, 11) is 0. The summed E-state index contributed by atoms with van der Waals surface area (Å²) in [6, 6.07) is 0. The van der Waals surface area contributed by atoms with Gasteiger partial charge in [-0.15, -0.1) is 0 Å².